The molecule has 2 N–H and O–H groups in total. The van der Waals surface area contributed by atoms with Crippen LogP contribution in [-0.2, 0) is 11.3 Å². The Labute approximate surface area is 93.1 Å². The van der Waals surface area contributed by atoms with Gasteiger partial charge in [0.15, 0.2) is 0 Å². The second-order valence-corrected chi connectivity index (χ2v) is 4.71. The van der Waals surface area contributed by atoms with E-state index in [9.17, 15) is 4.79 Å². The fraction of sp³-hybridized carbons (Fsp3) is 0.600. The minimum atomic E-state index is 0.151. The third kappa shape index (κ3) is 2.54. The van der Waals surface area contributed by atoms with E-state index in [-0.39, 0.29) is 11.8 Å². The molecular weight excluding hydrogens is 210 g/mol. The van der Waals surface area contributed by atoms with E-state index < -0.39 is 0 Å². The van der Waals surface area contributed by atoms with E-state index >= 15 is 0 Å². The van der Waals surface area contributed by atoms with Crippen LogP contribution in [0.2, 0.25) is 0 Å². The van der Waals surface area contributed by atoms with Gasteiger partial charge in [-0.2, -0.15) is 0 Å². The van der Waals surface area contributed by atoms with Crippen molar-refractivity contribution >= 4 is 17.2 Å². The molecule has 1 aromatic rings. The Bertz CT molecular complexity index is 344. The molecule has 0 bridgehead atoms. The molecule has 0 aliphatic carbocycles. The molecule has 0 aromatic carbocycles. The first-order valence-corrected chi connectivity index (χ1v) is 6.02. The number of rotatable bonds is 3. The first kappa shape index (κ1) is 10.6. The van der Waals surface area contributed by atoms with E-state index in [2.05, 4.69) is 15.6 Å². The lowest BCUT2D eigenvalue weighted by Gasteiger charge is -2.08. The minimum Gasteiger partial charge on any atom is -0.351 e. The van der Waals surface area contributed by atoms with E-state index in [0.29, 0.717) is 6.54 Å². The Morgan fingerprint density at radius 2 is 2.67 bits per heavy atom. The topological polar surface area (TPSA) is 54.0 Å². The Morgan fingerprint density at radius 3 is 3.27 bits per heavy atom. The van der Waals surface area contributed by atoms with Crippen LogP contribution < -0.4 is 10.6 Å². The maximum absolute atomic E-state index is 11.7. The summed E-state index contributed by atoms with van der Waals surface area (Å²) in [5.41, 5.74) is 2.83. The number of carbonyl (C=O) groups excluding carboxylic acids is 1. The summed E-state index contributed by atoms with van der Waals surface area (Å²) in [7, 11) is 0. The van der Waals surface area contributed by atoms with Gasteiger partial charge in [0.2, 0.25) is 5.91 Å². The van der Waals surface area contributed by atoms with Crippen molar-refractivity contribution in [2.75, 3.05) is 13.1 Å². The fourth-order valence-electron chi connectivity index (χ4n) is 1.69. The highest BCUT2D eigenvalue weighted by molar-refractivity contribution is 7.09. The van der Waals surface area contributed by atoms with Gasteiger partial charge in [-0.15, -0.1) is 11.3 Å². The van der Waals surface area contributed by atoms with Gasteiger partial charge in [-0.3, -0.25) is 4.79 Å². The standard InChI is InChI=1S/C10H15N3OS/c1-7-9(15-6-13-7)5-12-10(14)8-2-3-11-4-8/h6,8,11H,2-5H2,1H3,(H,12,14). The summed E-state index contributed by atoms with van der Waals surface area (Å²) in [6.45, 7) is 4.35. The third-order valence-corrected chi connectivity index (χ3v) is 3.63. The summed E-state index contributed by atoms with van der Waals surface area (Å²) in [6, 6.07) is 0. The fourth-order valence-corrected chi connectivity index (χ4v) is 2.40. The molecule has 15 heavy (non-hydrogen) atoms. The van der Waals surface area contributed by atoms with Gasteiger partial charge in [-0.1, -0.05) is 0 Å². The van der Waals surface area contributed by atoms with Crippen LogP contribution in [0.1, 0.15) is 17.0 Å². The van der Waals surface area contributed by atoms with E-state index in [1.165, 1.54) is 0 Å². The molecule has 1 aliphatic heterocycles. The summed E-state index contributed by atoms with van der Waals surface area (Å²) < 4.78 is 0. The molecule has 1 atom stereocenters. The third-order valence-electron chi connectivity index (χ3n) is 2.70. The number of aryl methyl sites for hydroxylation is 1. The number of nitrogens with one attached hydrogen (secondary N) is 2. The molecule has 2 rings (SSSR count). The molecule has 1 fully saturated rings. The van der Waals surface area contributed by atoms with Crippen molar-refractivity contribution in [1.29, 1.82) is 0 Å². The molecule has 4 nitrogen and oxygen atoms in total. The van der Waals surface area contributed by atoms with Crippen molar-refractivity contribution in [3.63, 3.8) is 0 Å². The zero-order valence-corrected chi connectivity index (χ0v) is 9.56. The van der Waals surface area contributed by atoms with Crippen LogP contribution in [0.15, 0.2) is 5.51 Å². The Balaban J connectivity index is 1.83. The summed E-state index contributed by atoms with van der Waals surface area (Å²) >= 11 is 1.59. The maximum Gasteiger partial charge on any atom is 0.224 e. The molecule has 1 aromatic heterocycles. The van der Waals surface area contributed by atoms with Gasteiger partial charge in [0.25, 0.3) is 0 Å². The van der Waals surface area contributed by atoms with Crippen molar-refractivity contribution < 1.29 is 4.79 Å². The Kier molecular flexibility index (Phi) is 3.33. The molecule has 1 aliphatic rings. The molecular formula is C10H15N3OS. The highest BCUT2D eigenvalue weighted by atomic mass is 32.1. The minimum absolute atomic E-state index is 0.151. The predicted octanol–water partition coefficient (Wildman–Crippen LogP) is 0.677. The van der Waals surface area contributed by atoms with Crippen LogP contribution in [0.25, 0.3) is 0 Å². The molecule has 1 unspecified atom stereocenters. The summed E-state index contributed by atoms with van der Waals surface area (Å²) in [5.74, 6) is 0.311. The molecule has 5 heteroatoms. The average Bonchev–Trinajstić information content (AvgIpc) is 2.85. The van der Waals surface area contributed by atoms with Gasteiger partial charge in [0.1, 0.15) is 0 Å². The van der Waals surface area contributed by atoms with Crippen molar-refractivity contribution in [1.82, 2.24) is 15.6 Å². The highest BCUT2D eigenvalue weighted by Gasteiger charge is 2.21. The number of amides is 1. The first-order valence-electron chi connectivity index (χ1n) is 5.15. The smallest absolute Gasteiger partial charge is 0.224 e. The van der Waals surface area contributed by atoms with E-state index in [1.807, 2.05) is 12.4 Å². The van der Waals surface area contributed by atoms with Gasteiger partial charge >= 0.3 is 0 Å². The lowest BCUT2D eigenvalue weighted by molar-refractivity contribution is -0.124. The summed E-state index contributed by atoms with van der Waals surface area (Å²) in [6.07, 6.45) is 0.952. The van der Waals surface area contributed by atoms with Crippen LogP contribution in [0.3, 0.4) is 0 Å². The van der Waals surface area contributed by atoms with Crippen molar-refractivity contribution in [2.45, 2.75) is 19.9 Å². The molecule has 1 saturated heterocycles. The Morgan fingerprint density at radius 1 is 1.80 bits per heavy atom. The number of thiazole rings is 1. The Hall–Kier alpha value is -0.940. The SMILES string of the molecule is Cc1ncsc1CNC(=O)C1CCNC1. The van der Waals surface area contributed by atoms with Crippen LogP contribution in [0, 0.1) is 12.8 Å². The lowest BCUT2D eigenvalue weighted by atomic mass is 10.1. The molecule has 0 saturated carbocycles. The van der Waals surface area contributed by atoms with E-state index in [0.717, 1.165) is 30.1 Å². The number of nitrogens with zero attached hydrogens (tertiary/aromatic N) is 1. The van der Waals surface area contributed by atoms with Crippen LogP contribution >= 0.6 is 11.3 Å². The number of aromatic nitrogens is 1. The highest BCUT2D eigenvalue weighted by Crippen LogP contribution is 2.12. The summed E-state index contributed by atoms with van der Waals surface area (Å²) in [5, 5.41) is 6.15. The number of carbonyl (C=O) groups is 1. The number of hydrogen-bond donors (Lipinski definition) is 2. The van der Waals surface area contributed by atoms with Gasteiger partial charge in [0.05, 0.1) is 23.7 Å². The molecule has 1 amide bonds. The van der Waals surface area contributed by atoms with Gasteiger partial charge < -0.3 is 10.6 Å². The van der Waals surface area contributed by atoms with Crippen LogP contribution in [0.4, 0.5) is 0 Å². The van der Waals surface area contributed by atoms with Crippen molar-refractivity contribution in [3.8, 4) is 0 Å². The monoisotopic (exact) mass is 225 g/mol. The average molecular weight is 225 g/mol. The predicted molar refractivity (Wildman–Crippen MR) is 59.7 cm³/mol. The van der Waals surface area contributed by atoms with Crippen molar-refractivity contribution in [2.24, 2.45) is 5.92 Å². The van der Waals surface area contributed by atoms with Crippen LogP contribution in [0.5, 0.6) is 0 Å². The van der Waals surface area contributed by atoms with Crippen LogP contribution in [-0.4, -0.2) is 24.0 Å². The maximum atomic E-state index is 11.7. The number of hydrogen-bond acceptors (Lipinski definition) is 4. The van der Waals surface area contributed by atoms with E-state index in [4.69, 9.17) is 0 Å². The molecule has 2 heterocycles. The lowest BCUT2D eigenvalue weighted by Crippen LogP contribution is -2.31. The summed E-state index contributed by atoms with van der Waals surface area (Å²) in [4.78, 5) is 17.0. The van der Waals surface area contributed by atoms with Crippen molar-refractivity contribution in [3.05, 3.63) is 16.1 Å². The van der Waals surface area contributed by atoms with Gasteiger partial charge in [0, 0.05) is 11.4 Å². The molecule has 0 radical (unpaired) electrons. The quantitative estimate of drug-likeness (QED) is 0.795. The molecule has 82 valence electrons. The molecule has 0 spiro atoms. The largest absolute Gasteiger partial charge is 0.351 e. The van der Waals surface area contributed by atoms with E-state index in [1.54, 1.807) is 11.3 Å². The normalized spacial score (nSPS) is 20.5. The van der Waals surface area contributed by atoms with Gasteiger partial charge in [-0.25, -0.2) is 4.98 Å². The second-order valence-electron chi connectivity index (χ2n) is 3.77. The zero-order valence-electron chi connectivity index (χ0n) is 8.75. The zero-order chi connectivity index (χ0) is 10.7. The first-order chi connectivity index (χ1) is 7.27. The van der Waals surface area contributed by atoms with Gasteiger partial charge in [-0.05, 0) is 19.9 Å². The second kappa shape index (κ2) is 4.72.